The fourth-order valence-corrected chi connectivity index (χ4v) is 7.79. The predicted octanol–water partition coefficient (Wildman–Crippen LogP) is 4.23. The van der Waals surface area contributed by atoms with E-state index in [2.05, 4.69) is 44.0 Å². The van der Waals surface area contributed by atoms with Gasteiger partial charge in [0.2, 0.25) is 0 Å². The lowest BCUT2D eigenvalue weighted by Crippen LogP contribution is -1.90. The average molecular weight is 420 g/mol. The molecule has 8 heteroatoms. The first-order chi connectivity index (χ1) is 8.60. The van der Waals surface area contributed by atoms with Crippen LogP contribution in [0.15, 0.2) is 17.4 Å². The third kappa shape index (κ3) is 1.44. The van der Waals surface area contributed by atoms with Crippen LogP contribution < -0.4 is 0 Å². The number of hydrogen-bond acceptors (Lipinski definition) is 5. The summed E-state index contributed by atoms with van der Waals surface area (Å²) < 4.78 is 13.8. The summed E-state index contributed by atoms with van der Waals surface area (Å²) >= 11 is 9.40. The zero-order valence-electron chi connectivity index (χ0n) is 8.28. The Morgan fingerprint density at radius 3 is 1.67 bits per heavy atom. The van der Waals surface area contributed by atoms with Gasteiger partial charge in [-0.2, -0.15) is 10.5 Å². The number of nitriles is 2. The second-order valence-corrected chi connectivity index (χ2v) is 9.34. The largest absolute Gasteiger partial charge is 0.249 e. The van der Waals surface area contributed by atoms with Crippen molar-refractivity contribution in [2.45, 2.75) is 9.79 Å². The van der Waals surface area contributed by atoms with E-state index >= 15 is 0 Å². The predicted molar refractivity (Wildman–Crippen MR) is 77.1 cm³/mol. The smallest absolute Gasteiger partial charge is 0.103 e. The van der Waals surface area contributed by atoms with Crippen LogP contribution in [0.3, 0.4) is 0 Å². The number of nitrogens with zero attached hydrogens (tertiary/aromatic N) is 2. The van der Waals surface area contributed by atoms with Crippen molar-refractivity contribution in [3.63, 3.8) is 0 Å². The molecule has 3 nitrogen and oxygen atoms in total. The summed E-state index contributed by atoms with van der Waals surface area (Å²) in [6.45, 7) is 0. The van der Waals surface area contributed by atoms with Gasteiger partial charge in [-0.25, -0.2) is 4.21 Å². The Balaban J connectivity index is 2.42. The molecule has 0 saturated carbocycles. The Labute approximate surface area is 129 Å². The van der Waals surface area contributed by atoms with E-state index in [0.29, 0.717) is 28.5 Å². The highest BCUT2D eigenvalue weighted by Gasteiger charge is 2.37. The van der Waals surface area contributed by atoms with Crippen LogP contribution in [0.5, 0.6) is 0 Å². The molecule has 3 heterocycles. The molecular formula is C10Br2N2OS3. The van der Waals surface area contributed by atoms with Gasteiger partial charge in [0.15, 0.2) is 0 Å². The van der Waals surface area contributed by atoms with Crippen molar-refractivity contribution in [1.82, 2.24) is 0 Å². The lowest BCUT2D eigenvalue weighted by Gasteiger charge is -1.94. The summed E-state index contributed by atoms with van der Waals surface area (Å²) in [7, 11) is -1.44. The van der Waals surface area contributed by atoms with E-state index in [4.69, 9.17) is 10.5 Å². The van der Waals surface area contributed by atoms with Gasteiger partial charge in [0.05, 0.1) is 49.0 Å². The highest BCUT2D eigenvalue weighted by atomic mass is 79.9. The lowest BCUT2D eigenvalue weighted by atomic mass is 10.3. The maximum atomic E-state index is 12.5. The minimum Gasteiger partial charge on any atom is -0.249 e. The Kier molecular flexibility index (Phi) is 2.96. The van der Waals surface area contributed by atoms with Gasteiger partial charge in [-0.05, 0) is 31.9 Å². The molecule has 0 spiro atoms. The van der Waals surface area contributed by atoms with Crippen molar-refractivity contribution < 1.29 is 4.21 Å². The van der Waals surface area contributed by atoms with Crippen LogP contribution in [0.1, 0.15) is 11.1 Å². The van der Waals surface area contributed by atoms with Crippen LogP contribution in [-0.2, 0) is 10.8 Å². The molecular weight excluding hydrogens is 420 g/mol. The summed E-state index contributed by atoms with van der Waals surface area (Å²) in [5.41, 5.74) is 0.827. The van der Waals surface area contributed by atoms with Gasteiger partial charge in [0.25, 0.3) is 0 Å². The fourth-order valence-electron chi connectivity index (χ4n) is 1.72. The molecule has 0 amide bonds. The van der Waals surface area contributed by atoms with Crippen LogP contribution in [-0.4, -0.2) is 4.21 Å². The molecule has 0 radical (unpaired) electrons. The standard InChI is InChI=1S/C10Br2N2OS3/c11-9-3(1-13)7-5(16-9)6-8(18(7)15)4(2-14)10(12)17-6. The number of thiophene rings is 2. The SMILES string of the molecule is N#Cc1c(Br)sc2c1S(=O)c1c-2sc(Br)c1C#N. The fraction of sp³-hybridized carbons (Fsp3) is 0. The molecule has 0 bridgehead atoms. The second kappa shape index (κ2) is 4.26. The van der Waals surface area contributed by atoms with E-state index in [1.807, 2.05) is 0 Å². The molecule has 0 aliphatic carbocycles. The van der Waals surface area contributed by atoms with E-state index in [9.17, 15) is 4.21 Å². The topological polar surface area (TPSA) is 64.7 Å². The molecule has 0 fully saturated rings. The van der Waals surface area contributed by atoms with Gasteiger partial charge in [-0.3, -0.25) is 0 Å². The van der Waals surface area contributed by atoms with Gasteiger partial charge in [-0.1, -0.05) is 0 Å². The Hall–Kier alpha value is -0.510. The summed E-state index contributed by atoms with van der Waals surface area (Å²) in [4.78, 5) is 2.75. The van der Waals surface area contributed by atoms with Crippen LogP contribution >= 0.6 is 54.5 Å². The highest BCUT2D eigenvalue weighted by molar-refractivity contribution is 9.11. The van der Waals surface area contributed by atoms with E-state index in [0.717, 1.165) is 9.75 Å². The number of halogens is 2. The first kappa shape index (κ1) is 12.5. The van der Waals surface area contributed by atoms with Crippen molar-refractivity contribution in [1.29, 1.82) is 10.5 Å². The van der Waals surface area contributed by atoms with E-state index in [-0.39, 0.29) is 0 Å². The zero-order chi connectivity index (χ0) is 13.0. The minimum absolute atomic E-state index is 0.414. The molecule has 1 aliphatic heterocycles. The molecule has 0 N–H and O–H groups in total. The third-order valence-corrected chi connectivity index (χ3v) is 8.14. The molecule has 18 heavy (non-hydrogen) atoms. The third-order valence-electron chi connectivity index (χ3n) is 2.44. The maximum absolute atomic E-state index is 12.5. The monoisotopic (exact) mass is 418 g/mol. The van der Waals surface area contributed by atoms with Gasteiger partial charge in [0, 0.05) is 0 Å². The highest BCUT2D eigenvalue weighted by Crippen LogP contribution is 2.55. The maximum Gasteiger partial charge on any atom is 0.103 e. The molecule has 1 aliphatic rings. The molecule has 2 aromatic heterocycles. The molecule has 0 atom stereocenters. The van der Waals surface area contributed by atoms with Crippen molar-refractivity contribution in [2.75, 3.05) is 0 Å². The molecule has 0 saturated heterocycles. The Morgan fingerprint density at radius 2 is 1.33 bits per heavy atom. The first-order valence-corrected chi connectivity index (χ1v) is 8.84. The molecule has 2 aromatic rings. The molecule has 88 valence electrons. The summed E-state index contributed by atoms with van der Waals surface area (Å²) in [6, 6.07) is 4.13. The Bertz CT molecular complexity index is 740. The number of rotatable bonds is 0. The first-order valence-electron chi connectivity index (χ1n) is 4.47. The van der Waals surface area contributed by atoms with Gasteiger partial charge < -0.3 is 0 Å². The minimum atomic E-state index is -1.44. The molecule has 0 unspecified atom stereocenters. The summed E-state index contributed by atoms with van der Waals surface area (Å²) in [6.07, 6.45) is 0. The van der Waals surface area contributed by atoms with Gasteiger partial charge >= 0.3 is 0 Å². The van der Waals surface area contributed by atoms with E-state index in [1.165, 1.54) is 22.7 Å². The van der Waals surface area contributed by atoms with Crippen molar-refractivity contribution in [2.24, 2.45) is 0 Å². The summed E-state index contributed by atoms with van der Waals surface area (Å²) in [5.74, 6) is 0. The van der Waals surface area contributed by atoms with E-state index in [1.54, 1.807) is 0 Å². The van der Waals surface area contributed by atoms with Crippen molar-refractivity contribution in [3.05, 3.63) is 18.7 Å². The van der Waals surface area contributed by atoms with Crippen LogP contribution in [0.2, 0.25) is 0 Å². The molecule has 0 aromatic carbocycles. The normalized spacial score (nSPS) is 12.9. The van der Waals surface area contributed by atoms with Gasteiger partial charge in [-0.15, -0.1) is 22.7 Å². The zero-order valence-corrected chi connectivity index (χ0v) is 13.9. The van der Waals surface area contributed by atoms with Crippen LogP contribution in [0.4, 0.5) is 0 Å². The second-order valence-electron chi connectivity index (χ2n) is 3.31. The van der Waals surface area contributed by atoms with Crippen molar-refractivity contribution >= 4 is 65.3 Å². The van der Waals surface area contributed by atoms with Gasteiger partial charge in [0.1, 0.15) is 12.1 Å². The number of fused-ring (bicyclic) bond motifs is 3. The molecule has 3 rings (SSSR count). The van der Waals surface area contributed by atoms with Crippen molar-refractivity contribution in [3.8, 4) is 21.9 Å². The lowest BCUT2D eigenvalue weighted by molar-refractivity contribution is 0.685. The summed E-state index contributed by atoms with van der Waals surface area (Å²) in [5, 5.41) is 18.2. The Morgan fingerprint density at radius 1 is 0.944 bits per heavy atom. The van der Waals surface area contributed by atoms with Crippen LogP contribution in [0, 0.1) is 22.7 Å². The quantitative estimate of drug-likeness (QED) is 0.547. The number of hydrogen-bond donors (Lipinski definition) is 0. The van der Waals surface area contributed by atoms with E-state index < -0.39 is 10.8 Å². The van der Waals surface area contributed by atoms with Crippen LogP contribution in [0.25, 0.3) is 9.75 Å². The average Bonchev–Trinajstić information content (AvgIpc) is 2.91.